The van der Waals surface area contributed by atoms with Crippen LogP contribution in [0, 0.1) is 12.7 Å². The Bertz CT molecular complexity index is 766. The molecular formula is C17H14F3NO3S. The Balaban J connectivity index is 1.86. The van der Waals surface area contributed by atoms with Gasteiger partial charge in [-0.15, -0.1) is 0 Å². The number of hydrogen-bond acceptors (Lipinski definition) is 4. The smallest absolute Gasteiger partial charge is 0.338 e. The highest BCUT2D eigenvalue weighted by Gasteiger charge is 2.12. The average molecular weight is 369 g/mol. The minimum atomic E-state index is -2.55. The van der Waals surface area contributed by atoms with Crippen molar-refractivity contribution in [3.8, 4) is 0 Å². The number of anilines is 1. The number of amides is 1. The van der Waals surface area contributed by atoms with Crippen molar-refractivity contribution in [3.05, 3.63) is 59.4 Å². The van der Waals surface area contributed by atoms with E-state index in [9.17, 15) is 22.8 Å². The first-order chi connectivity index (χ1) is 11.8. The number of nitrogens with one attached hydrogen (secondary N) is 1. The average Bonchev–Trinajstić information content (AvgIpc) is 2.56. The standard InChI is InChI=1S/C17H14F3NO3S/c1-10-2-5-12(8-14(10)18)21-15(22)9-24-16(23)11-3-6-13(7-4-11)25-17(19)20/h2-8,17H,9H2,1H3,(H,21,22). The quantitative estimate of drug-likeness (QED) is 0.611. The van der Waals surface area contributed by atoms with E-state index in [-0.39, 0.29) is 11.3 Å². The molecule has 0 aliphatic rings. The molecule has 0 saturated heterocycles. The van der Waals surface area contributed by atoms with E-state index >= 15 is 0 Å². The summed E-state index contributed by atoms with van der Waals surface area (Å²) in [5.74, 6) is -4.40. The lowest BCUT2D eigenvalue weighted by Crippen LogP contribution is -2.21. The van der Waals surface area contributed by atoms with Crippen molar-refractivity contribution in [1.82, 2.24) is 0 Å². The van der Waals surface area contributed by atoms with E-state index in [0.717, 1.165) is 6.07 Å². The second-order valence-electron chi connectivity index (χ2n) is 4.99. The van der Waals surface area contributed by atoms with Crippen molar-refractivity contribution >= 4 is 29.3 Å². The van der Waals surface area contributed by atoms with Gasteiger partial charge in [-0.2, -0.15) is 8.78 Å². The number of thioether (sulfide) groups is 1. The fourth-order valence-electron chi connectivity index (χ4n) is 1.85. The molecule has 2 rings (SSSR count). The summed E-state index contributed by atoms with van der Waals surface area (Å²) in [5.41, 5.74) is 0.822. The summed E-state index contributed by atoms with van der Waals surface area (Å²) in [7, 11) is 0. The lowest BCUT2D eigenvalue weighted by atomic mass is 10.2. The van der Waals surface area contributed by atoms with E-state index in [2.05, 4.69) is 5.32 Å². The summed E-state index contributed by atoms with van der Waals surface area (Å²) in [6, 6.07) is 9.59. The van der Waals surface area contributed by atoms with Crippen molar-refractivity contribution in [2.75, 3.05) is 11.9 Å². The van der Waals surface area contributed by atoms with Crippen LogP contribution in [0.2, 0.25) is 0 Å². The molecular weight excluding hydrogens is 355 g/mol. The van der Waals surface area contributed by atoms with E-state index in [1.54, 1.807) is 6.92 Å². The van der Waals surface area contributed by atoms with Crippen LogP contribution >= 0.6 is 11.8 Å². The number of ether oxygens (including phenoxy) is 1. The van der Waals surface area contributed by atoms with Gasteiger partial charge in [0.2, 0.25) is 0 Å². The molecule has 0 aliphatic carbocycles. The first kappa shape index (κ1) is 18.9. The largest absolute Gasteiger partial charge is 0.452 e. The molecule has 2 aromatic carbocycles. The molecule has 0 atom stereocenters. The van der Waals surface area contributed by atoms with Gasteiger partial charge in [0.25, 0.3) is 11.7 Å². The summed E-state index contributed by atoms with van der Waals surface area (Å²) < 4.78 is 42.7. The van der Waals surface area contributed by atoms with Crippen LogP contribution in [0.5, 0.6) is 0 Å². The highest BCUT2D eigenvalue weighted by Crippen LogP contribution is 2.25. The van der Waals surface area contributed by atoms with Gasteiger partial charge in [-0.1, -0.05) is 17.8 Å². The van der Waals surface area contributed by atoms with Gasteiger partial charge in [0.15, 0.2) is 6.61 Å². The molecule has 0 saturated carbocycles. The minimum Gasteiger partial charge on any atom is -0.452 e. The van der Waals surface area contributed by atoms with Gasteiger partial charge in [0, 0.05) is 10.6 Å². The van der Waals surface area contributed by atoms with E-state index in [4.69, 9.17) is 4.74 Å². The van der Waals surface area contributed by atoms with Gasteiger partial charge in [0.1, 0.15) is 5.82 Å². The summed E-state index contributed by atoms with van der Waals surface area (Å²) >= 11 is 0.360. The normalized spacial score (nSPS) is 10.6. The van der Waals surface area contributed by atoms with Crippen LogP contribution in [0.1, 0.15) is 15.9 Å². The summed E-state index contributed by atoms with van der Waals surface area (Å²) in [6.07, 6.45) is 0. The van der Waals surface area contributed by atoms with Gasteiger partial charge in [-0.25, -0.2) is 9.18 Å². The van der Waals surface area contributed by atoms with Crippen LogP contribution in [0.25, 0.3) is 0 Å². The molecule has 2 aromatic rings. The number of benzene rings is 2. The Labute approximate surface area is 146 Å². The van der Waals surface area contributed by atoms with Crippen molar-refractivity contribution in [3.63, 3.8) is 0 Å². The SMILES string of the molecule is Cc1ccc(NC(=O)COC(=O)c2ccc(SC(F)F)cc2)cc1F. The number of rotatable bonds is 6. The Morgan fingerprint density at radius 2 is 1.84 bits per heavy atom. The molecule has 8 heteroatoms. The number of carbonyl (C=O) groups excluding carboxylic acids is 2. The van der Waals surface area contributed by atoms with Crippen molar-refractivity contribution in [1.29, 1.82) is 0 Å². The molecule has 4 nitrogen and oxygen atoms in total. The van der Waals surface area contributed by atoms with E-state index in [0.29, 0.717) is 22.2 Å². The summed E-state index contributed by atoms with van der Waals surface area (Å²) in [5, 5.41) is 2.40. The van der Waals surface area contributed by atoms with Gasteiger partial charge in [-0.3, -0.25) is 4.79 Å². The topological polar surface area (TPSA) is 55.4 Å². The van der Waals surface area contributed by atoms with Crippen LogP contribution in [0.3, 0.4) is 0 Å². The highest BCUT2D eigenvalue weighted by molar-refractivity contribution is 7.99. The van der Waals surface area contributed by atoms with E-state index in [1.165, 1.54) is 36.4 Å². The predicted molar refractivity (Wildman–Crippen MR) is 88.4 cm³/mol. The van der Waals surface area contributed by atoms with E-state index < -0.39 is 30.1 Å². The van der Waals surface area contributed by atoms with Crippen LogP contribution in [0.15, 0.2) is 47.4 Å². The van der Waals surface area contributed by atoms with Crippen LogP contribution in [-0.4, -0.2) is 24.2 Å². The zero-order chi connectivity index (χ0) is 18.4. The Hall–Kier alpha value is -2.48. The maximum Gasteiger partial charge on any atom is 0.338 e. The first-order valence-electron chi connectivity index (χ1n) is 7.13. The molecule has 132 valence electrons. The Morgan fingerprint density at radius 3 is 2.44 bits per heavy atom. The maximum absolute atomic E-state index is 13.4. The van der Waals surface area contributed by atoms with Crippen LogP contribution in [0.4, 0.5) is 18.9 Å². The number of hydrogen-bond donors (Lipinski definition) is 1. The molecule has 0 aliphatic heterocycles. The molecule has 1 amide bonds. The summed E-state index contributed by atoms with van der Waals surface area (Å²) in [4.78, 5) is 23.8. The number of alkyl halides is 2. The Morgan fingerprint density at radius 1 is 1.16 bits per heavy atom. The van der Waals surface area contributed by atoms with Crippen molar-refractivity contribution in [2.45, 2.75) is 17.6 Å². The molecule has 25 heavy (non-hydrogen) atoms. The monoisotopic (exact) mass is 369 g/mol. The van der Waals surface area contributed by atoms with Gasteiger partial charge in [0.05, 0.1) is 5.56 Å². The fourth-order valence-corrected chi connectivity index (χ4v) is 2.35. The lowest BCUT2D eigenvalue weighted by Gasteiger charge is -2.08. The highest BCUT2D eigenvalue weighted by atomic mass is 32.2. The number of carbonyl (C=O) groups is 2. The third kappa shape index (κ3) is 5.82. The molecule has 1 N–H and O–H groups in total. The molecule has 0 fully saturated rings. The number of halogens is 3. The number of aryl methyl sites for hydroxylation is 1. The first-order valence-corrected chi connectivity index (χ1v) is 8.01. The minimum absolute atomic E-state index is 0.132. The van der Waals surface area contributed by atoms with Crippen LogP contribution in [-0.2, 0) is 9.53 Å². The maximum atomic E-state index is 13.4. The van der Waals surface area contributed by atoms with Crippen molar-refractivity contribution < 1.29 is 27.5 Å². The molecule has 0 radical (unpaired) electrons. The second kappa shape index (κ2) is 8.57. The molecule has 0 bridgehead atoms. The lowest BCUT2D eigenvalue weighted by molar-refractivity contribution is -0.119. The second-order valence-corrected chi connectivity index (χ2v) is 6.05. The third-order valence-corrected chi connectivity index (χ3v) is 3.83. The molecule has 0 heterocycles. The zero-order valence-corrected chi connectivity index (χ0v) is 13.9. The summed E-state index contributed by atoms with van der Waals surface area (Å²) in [6.45, 7) is 1.04. The Kier molecular flexibility index (Phi) is 6.46. The van der Waals surface area contributed by atoms with E-state index in [1.807, 2.05) is 0 Å². The molecule has 0 unspecified atom stereocenters. The fraction of sp³-hybridized carbons (Fsp3) is 0.176. The molecule has 0 aromatic heterocycles. The van der Waals surface area contributed by atoms with Gasteiger partial charge >= 0.3 is 5.97 Å². The van der Waals surface area contributed by atoms with Crippen LogP contribution < -0.4 is 5.32 Å². The predicted octanol–water partition coefficient (Wildman–Crippen LogP) is 4.24. The van der Waals surface area contributed by atoms with Gasteiger partial charge in [-0.05, 0) is 48.9 Å². The van der Waals surface area contributed by atoms with Gasteiger partial charge < -0.3 is 10.1 Å². The molecule has 0 spiro atoms. The third-order valence-electron chi connectivity index (χ3n) is 3.11. The zero-order valence-electron chi connectivity index (χ0n) is 13.1. The number of esters is 1. The van der Waals surface area contributed by atoms with Crippen molar-refractivity contribution in [2.24, 2.45) is 0 Å².